The van der Waals surface area contributed by atoms with Crippen LogP contribution in [0.25, 0.3) is 11.6 Å². The van der Waals surface area contributed by atoms with Crippen LogP contribution in [0.2, 0.25) is 0 Å². The predicted octanol–water partition coefficient (Wildman–Crippen LogP) is 6.61. The maximum absolute atomic E-state index is 12.1. The van der Waals surface area contributed by atoms with E-state index in [0.717, 1.165) is 5.56 Å². The Morgan fingerprint density at radius 2 is 1.55 bits per heavy atom. The van der Waals surface area contributed by atoms with Gasteiger partial charge in [0.1, 0.15) is 0 Å². The van der Waals surface area contributed by atoms with Gasteiger partial charge in [0, 0.05) is 5.88 Å². The van der Waals surface area contributed by atoms with Crippen molar-refractivity contribution in [1.29, 1.82) is 0 Å². The van der Waals surface area contributed by atoms with E-state index in [1.807, 2.05) is 12.1 Å². The molecule has 0 unspecified atom stereocenters. The van der Waals surface area contributed by atoms with E-state index in [1.54, 1.807) is 12.1 Å². The molecule has 4 heteroatoms. The summed E-state index contributed by atoms with van der Waals surface area (Å²) in [5, 5.41) is 0. The minimum Gasteiger partial charge on any atom is -0.224 e. The second-order valence-corrected chi connectivity index (χ2v) is 11.9. The number of allylic oxidation sites excluding steroid dienone is 1. The van der Waals surface area contributed by atoms with Crippen LogP contribution in [-0.2, 0) is 20.7 Å². The molecule has 29 heavy (non-hydrogen) atoms. The normalized spacial score (nSPS) is 18.3. The molecule has 0 radical (unpaired) electrons. The molecule has 0 aliphatic heterocycles. The quantitative estimate of drug-likeness (QED) is 0.395. The number of hydrogen-bond donors (Lipinski definition) is 0. The van der Waals surface area contributed by atoms with Crippen molar-refractivity contribution in [2.24, 2.45) is 0 Å². The van der Waals surface area contributed by atoms with E-state index in [4.69, 9.17) is 11.6 Å². The molecule has 0 saturated carbocycles. The third kappa shape index (κ3) is 4.62. The summed E-state index contributed by atoms with van der Waals surface area (Å²) in [6.07, 6.45) is 4.51. The van der Waals surface area contributed by atoms with Gasteiger partial charge in [-0.25, -0.2) is 8.42 Å². The van der Waals surface area contributed by atoms with Crippen LogP contribution >= 0.6 is 11.6 Å². The van der Waals surface area contributed by atoms with Crippen molar-refractivity contribution in [3.8, 4) is 0 Å². The Labute approximate surface area is 180 Å². The number of hydrogen-bond acceptors (Lipinski definition) is 2. The van der Waals surface area contributed by atoms with Crippen LogP contribution in [0.3, 0.4) is 0 Å². The minimum absolute atomic E-state index is 0.0377. The van der Waals surface area contributed by atoms with E-state index in [9.17, 15) is 8.42 Å². The lowest BCUT2D eigenvalue weighted by molar-refractivity contribution is 0.332. The van der Waals surface area contributed by atoms with E-state index >= 15 is 0 Å². The summed E-state index contributed by atoms with van der Waals surface area (Å²) in [4.78, 5) is 0.325. The fourth-order valence-corrected chi connectivity index (χ4v) is 5.76. The summed E-state index contributed by atoms with van der Waals surface area (Å²) in [5.74, 6) is 0.0681. The number of benzene rings is 2. The summed E-state index contributed by atoms with van der Waals surface area (Å²) in [6, 6.07) is 13.9. The molecule has 2 aromatic carbocycles. The molecule has 0 aromatic heterocycles. The van der Waals surface area contributed by atoms with Crippen LogP contribution in [0.15, 0.2) is 47.4 Å². The molecule has 2 aromatic rings. The molecular weight excluding hydrogens is 400 g/mol. The van der Waals surface area contributed by atoms with Crippen molar-refractivity contribution >= 4 is 33.1 Å². The molecule has 0 atom stereocenters. The number of alkyl halides is 1. The molecule has 3 rings (SSSR count). The molecule has 0 fully saturated rings. The Kier molecular flexibility index (Phi) is 6.04. The van der Waals surface area contributed by atoms with Crippen molar-refractivity contribution in [2.45, 2.75) is 63.2 Å². The van der Waals surface area contributed by atoms with Gasteiger partial charge in [-0.2, -0.15) is 0 Å². The lowest BCUT2D eigenvalue weighted by Crippen LogP contribution is -2.33. The van der Waals surface area contributed by atoms with Gasteiger partial charge in [-0.3, -0.25) is 0 Å². The zero-order valence-corrected chi connectivity index (χ0v) is 19.6. The Morgan fingerprint density at radius 1 is 0.966 bits per heavy atom. The molecule has 0 saturated heterocycles. The van der Waals surface area contributed by atoms with E-state index in [0.29, 0.717) is 4.90 Å². The average molecular weight is 431 g/mol. The van der Waals surface area contributed by atoms with Gasteiger partial charge in [-0.1, -0.05) is 64.1 Å². The van der Waals surface area contributed by atoms with Crippen molar-refractivity contribution in [3.63, 3.8) is 0 Å². The summed E-state index contributed by atoms with van der Waals surface area (Å²) in [7, 11) is -3.29. The highest BCUT2D eigenvalue weighted by Crippen LogP contribution is 2.46. The molecule has 2 nitrogen and oxygen atoms in total. The van der Waals surface area contributed by atoms with E-state index in [2.05, 4.69) is 58.9 Å². The van der Waals surface area contributed by atoms with E-state index in [1.165, 1.54) is 35.1 Å². The Bertz CT molecular complexity index is 1030. The highest BCUT2D eigenvalue weighted by atomic mass is 35.5. The molecule has 0 bridgehead atoms. The summed E-state index contributed by atoms with van der Waals surface area (Å²) >= 11 is 5.60. The van der Waals surface area contributed by atoms with Crippen LogP contribution < -0.4 is 0 Å². The predicted molar refractivity (Wildman–Crippen MR) is 124 cm³/mol. The second-order valence-electron chi connectivity index (χ2n) is 9.43. The number of rotatable bonds is 5. The molecular formula is C25H31ClO2S. The van der Waals surface area contributed by atoms with Gasteiger partial charge in [0.15, 0.2) is 9.84 Å². The second kappa shape index (κ2) is 7.92. The zero-order valence-electron chi connectivity index (χ0n) is 18.0. The number of fused-ring (bicyclic) bond motifs is 1. The number of sulfone groups is 1. The zero-order chi connectivity index (χ0) is 21.4. The van der Waals surface area contributed by atoms with Crippen molar-refractivity contribution < 1.29 is 8.42 Å². The Morgan fingerprint density at radius 3 is 2.14 bits per heavy atom. The Balaban J connectivity index is 1.93. The van der Waals surface area contributed by atoms with Crippen LogP contribution in [0.4, 0.5) is 0 Å². The molecule has 0 amide bonds. The van der Waals surface area contributed by atoms with Gasteiger partial charge in [0.2, 0.25) is 0 Å². The van der Waals surface area contributed by atoms with Crippen molar-refractivity contribution in [2.75, 3.05) is 11.6 Å². The summed E-state index contributed by atoms with van der Waals surface area (Å²) < 4.78 is 24.3. The topological polar surface area (TPSA) is 34.1 Å². The largest absolute Gasteiger partial charge is 0.224 e. The monoisotopic (exact) mass is 430 g/mol. The first-order valence-electron chi connectivity index (χ1n) is 10.2. The third-order valence-corrected chi connectivity index (χ3v) is 8.42. The van der Waals surface area contributed by atoms with Crippen LogP contribution in [0.1, 0.15) is 69.7 Å². The molecule has 0 spiro atoms. The summed E-state index contributed by atoms with van der Waals surface area (Å²) in [6.45, 7) is 11.5. The van der Waals surface area contributed by atoms with Gasteiger partial charge in [-0.15, -0.1) is 11.6 Å². The van der Waals surface area contributed by atoms with Crippen LogP contribution in [0, 0.1) is 0 Å². The maximum Gasteiger partial charge on any atom is 0.179 e. The highest BCUT2D eigenvalue weighted by Gasteiger charge is 2.36. The molecule has 1 aliphatic rings. The van der Waals surface area contributed by atoms with Gasteiger partial charge >= 0.3 is 0 Å². The standard InChI is InChI=1S/C25H31ClO2S/c1-18(16-19-6-9-21(10-7-19)29(27,28)15-14-26)20-8-11-22-23(17-20)25(4,5)13-12-24(22,2)3/h6-11,16-17H,12-15H2,1-5H3. The van der Waals surface area contributed by atoms with E-state index < -0.39 is 9.84 Å². The van der Waals surface area contributed by atoms with Gasteiger partial charge in [0.05, 0.1) is 10.6 Å². The fraction of sp³-hybridized carbons (Fsp3) is 0.440. The first-order valence-corrected chi connectivity index (χ1v) is 12.4. The lowest BCUT2D eigenvalue weighted by atomic mass is 9.63. The molecule has 0 heterocycles. The number of halogens is 1. The highest BCUT2D eigenvalue weighted by molar-refractivity contribution is 7.91. The maximum atomic E-state index is 12.1. The van der Waals surface area contributed by atoms with E-state index in [-0.39, 0.29) is 22.5 Å². The lowest BCUT2D eigenvalue weighted by Gasteiger charge is -2.42. The van der Waals surface area contributed by atoms with Gasteiger partial charge in [-0.05, 0) is 70.6 Å². The van der Waals surface area contributed by atoms with Gasteiger partial charge in [0.25, 0.3) is 0 Å². The molecule has 156 valence electrons. The van der Waals surface area contributed by atoms with Gasteiger partial charge < -0.3 is 0 Å². The fourth-order valence-electron chi connectivity index (χ4n) is 4.16. The average Bonchev–Trinajstić information content (AvgIpc) is 2.66. The van der Waals surface area contributed by atoms with Crippen molar-refractivity contribution in [3.05, 3.63) is 64.7 Å². The smallest absolute Gasteiger partial charge is 0.179 e. The van der Waals surface area contributed by atoms with Crippen LogP contribution in [-0.4, -0.2) is 20.1 Å². The van der Waals surface area contributed by atoms with Crippen LogP contribution in [0.5, 0.6) is 0 Å². The Hall–Kier alpha value is -1.58. The minimum atomic E-state index is -3.29. The third-order valence-electron chi connectivity index (χ3n) is 6.28. The summed E-state index contributed by atoms with van der Waals surface area (Å²) in [5.41, 5.74) is 6.67. The SMILES string of the molecule is CC(=Cc1ccc(S(=O)(=O)CCCl)cc1)c1ccc2c(c1)C(C)(C)CCC2(C)C. The molecule has 0 N–H and O–H groups in total. The molecule has 1 aliphatic carbocycles. The first kappa shape index (κ1) is 22.1. The van der Waals surface area contributed by atoms with Crippen molar-refractivity contribution in [1.82, 2.24) is 0 Å². The first-order chi connectivity index (χ1) is 13.5.